The largest absolute Gasteiger partial charge is 0.396 e. The van der Waals surface area contributed by atoms with Crippen LogP contribution in [0.4, 0.5) is 4.39 Å². The van der Waals surface area contributed by atoms with E-state index in [0.29, 0.717) is 19.3 Å². The summed E-state index contributed by atoms with van der Waals surface area (Å²) in [5, 5.41) is 12.8. The minimum Gasteiger partial charge on any atom is -0.396 e. The van der Waals surface area contributed by atoms with Gasteiger partial charge < -0.3 is 15.2 Å². The molecule has 2 N–H and O–H groups in total. The van der Waals surface area contributed by atoms with Crippen molar-refractivity contribution >= 4 is 0 Å². The van der Waals surface area contributed by atoms with Crippen LogP contribution < -0.4 is 5.32 Å². The van der Waals surface area contributed by atoms with E-state index in [-0.39, 0.29) is 17.8 Å². The zero-order chi connectivity index (χ0) is 13.7. The highest BCUT2D eigenvalue weighted by Gasteiger charge is 2.37. The third-order valence-electron chi connectivity index (χ3n) is 3.73. The Morgan fingerprint density at radius 3 is 2.84 bits per heavy atom. The lowest BCUT2D eigenvalue weighted by atomic mass is 9.86. The second kappa shape index (κ2) is 6.46. The normalized spacial score (nSPS) is 18.9. The fraction of sp³-hybridized carbons (Fsp3) is 0.600. The lowest BCUT2D eigenvalue weighted by molar-refractivity contribution is -0.135. The van der Waals surface area contributed by atoms with Gasteiger partial charge in [-0.1, -0.05) is 12.1 Å². The topological polar surface area (TPSA) is 41.5 Å². The summed E-state index contributed by atoms with van der Waals surface area (Å²) in [6.45, 7) is 4.31. The fourth-order valence-corrected chi connectivity index (χ4v) is 2.21. The number of aryl methyl sites for hydroxylation is 1. The van der Waals surface area contributed by atoms with Gasteiger partial charge in [0.15, 0.2) is 0 Å². The molecule has 1 atom stereocenters. The number of nitrogens with one attached hydrogen (secondary N) is 1. The summed E-state index contributed by atoms with van der Waals surface area (Å²) in [6, 6.07) is 7.08. The van der Waals surface area contributed by atoms with E-state index in [2.05, 4.69) is 12.2 Å². The maximum atomic E-state index is 13.0. The van der Waals surface area contributed by atoms with E-state index in [0.717, 1.165) is 24.9 Å². The van der Waals surface area contributed by atoms with Crippen molar-refractivity contribution in [3.05, 3.63) is 35.6 Å². The lowest BCUT2D eigenvalue weighted by Crippen LogP contribution is -2.53. The second-order valence-corrected chi connectivity index (χ2v) is 5.60. The van der Waals surface area contributed by atoms with Crippen LogP contribution in [0.5, 0.6) is 0 Å². The van der Waals surface area contributed by atoms with Crippen LogP contribution >= 0.6 is 0 Å². The molecular weight excluding hydrogens is 245 g/mol. The van der Waals surface area contributed by atoms with Crippen molar-refractivity contribution in [1.29, 1.82) is 0 Å². The average Bonchev–Trinajstić information content (AvgIpc) is 2.36. The molecule has 1 unspecified atom stereocenters. The minimum atomic E-state index is -0.177. The molecule has 3 nitrogen and oxygen atoms in total. The van der Waals surface area contributed by atoms with Crippen LogP contribution in [0.25, 0.3) is 0 Å². The van der Waals surface area contributed by atoms with Crippen molar-refractivity contribution in [2.24, 2.45) is 5.41 Å². The average molecular weight is 267 g/mol. The first kappa shape index (κ1) is 14.4. The Morgan fingerprint density at radius 2 is 2.26 bits per heavy atom. The monoisotopic (exact) mass is 267 g/mol. The van der Waals surface area contributed by atoms with Gasteiger partial charge in [-0.15, -0.1) is 0 Å². The smallest absolute Gasteiger partial charge is 0.123 e. The molecule has 0 amide bonds. The van der Waals surface area contributed by atoms with Gasteiger partial charge >= 0.3 is 0 Å². The Bertz CT molecular complexity index is 401. The Balaban J connectivity index is 1.71. The molecule has 0 saturated carbocycles. The van der Waals surface area contributed by atoms with Crippen LogP contribution in [-0.2, 0) is 11.2 Å². The number of hydrogen-bond acceptors (Lipinski definition) is 3. The lowest BCUT2D eigenvalue weighted by Gasteiger charge is -2.40. The van der Waals surface area contributed by atoms with Gasteiger partial charge in [-0.3, -0.25) is 0 Å². The molecule has 2 rings (SSSR count). The molecule has 0 aromatic heterocycles. The minimum absolute atomic E-state index is 0.0902. The second-order valence-electron chi connectivity index (χ2n) is 5.60. The van der Waals surface area contributed by atoms with Gasteiger partial charge in [0.2, 0.25) is 0 Å². The zero-order valence-electron chi connectivity index (χ0n) is 11.4. The highest BCUT2D eigenvalue weighted by molar-refractivity contribution is 5.16. The number of aliphatic hydroxyl groups is 1. The summed E-state index contributed by atoms with van der Waals surface area (Å²) in [7, 11) is 0. The third-order valence-corrected chi connectivity index (χ3v) is 3.73. The van der Waals surface area contributed by atoms with E-state index in [9.17, 15) is 9.50 Å². The highest BCUT2D eigenvalue weighted by Crippen LogP contribution is 2.25. The molecule has 106 valence electrons. The van der Waals surface area contributed by atoms with E-state index in [1.165, 1.54) is 6.07 Å². The molecular formula is C15H22FNO2. The van der Waals surface area contributed by atoms with Crippen LogP contribution in [-0.4, -0.2) is 37.5 Å². The van der Waals surface area contributed by atoms with Crippen molar-refractivity contribution in [3.8, 4) is 0 Å². The number of halogens is 1. The van der Waals surface area contributed by atoms with Gasteiger partial charge in [-0.2, -0.15) is 0 Å². The van der Waals surface area contributed by atoms with Crippen molar-refractivity contribution in [2.45, 2.75) is 25.8 Å². The first-order valence-corrected chi connectivity index (χ1v) is 6.80. The van der Waals surface area contributed by atoms with Crippen LogP contribution in [0.3, 0.4) is 0 Å². The SMILES string of the molecule is CC(CCc1cccc(F)c1)NCC1(CO)COC1. The zero-order valence-corrected chi connectivity index (χ0v) is 11.4. The van der Waals surface area contributed by atoms with E-state index in [1.54, 1.807) is 12.1 Å². The molecule has 19 heavy (non-hydrogen) atoms. The first-order valence-electron chi connectivity index (χ1n) is 6.80. The molecule has 1 heterocycles. The Labute approximate surface area is 113 Å². The summed E-state index contributed by atoms with van der Waals surface area (Å²) in [5.74, 6) is -0.177. The van der Waals surface area contributed by atoms with E-state index >= 15 is 0 Å². The van der Waals surface area contributed by atoms with Gasteiger partial charge in [0, 0.05) is 12.6 Å². The maximum absolute atomic E-state index is 13.0. The first-order chi connectivity index (χ1) is 9.13. The predicted octanol–water partition coefficient (Wildman–Crippen LogP) is 1.75. The summed E-state index contributed by atoms with van der Waals surface area (Å²) in [5.41, 5.74) is 0.935. The number of aliphatic hydroxyl groups excluding tert-OH is 1. The third kappa shape index (κ3) is 4.00. The van der Waals surface area contributed by atoms with Gasteiger partial charge in [0.25, 0.3) is 0 Å². The van der Waals surface area contributed by atoms with Crippen molar-refractivity contribution in [3.63, 3.8) is 0 Å². The number of ether oxygens (including phenoxy) is 1. The Hall–Kier alpha value is -0.970. The molecule has 0 radical (unpaired) electrons. The molecule has 0 bridgehead atoms. The Morgan fingerprint density at radius 1 is 1.47 bits per heavy atom. The van der Waals surface area contributed by atoms with Gasteiger partial charge in [0.05, 0.1) is 25.2 Å². The Kier molecular flexibility index (Phi) is 4.91. The van der Waals surface area contributed by atoms with Crippen LogP contribution in [0.1, 0.15) is 18.9 Å². The van der Waals surface area contributed by atoms with Crippen molar-refractivity contribution in [1.82, 2.24) is 5.32 Å². The number of rotatable bonds is 7. The van der Waals surface area contributed by atoms with Gasteiger partial charge in [0.1, 0.15) is 5.82 Å². The summed E-state index contributed by atoms with van der Waals surface area (Å²) >= 11 is 0. The van der Waals surface area contributed by atoms with Crippen LogP contribution in [0.2, 0.25) is 0 Å². The number of benzene rings is 1. The van der Waals surface area contributed by atoms with E-state index < -0.39 is 0 Å². The molecule has 1 saturated heterocycles. The van der Waals surface area contributed by atoms with E-state index in [4.69, 9.17) is 4.74 Å². The molecule has 4 heteroatoms. The highest BCUT2D eigenvalue weighted by atomic mass is 19.1. The molecule has 1 aliphatic heterocycles. The maximum Gasteiger partial charge on any atom is 0.123 e. The van der Waals surface area contributed by atoms with E-state index in [1.807, 2.05) is 6.07 Å². The van der Waals surface area contributed by atoms with Gasteiger partial charge in [-0.05, 0) is 37.5 Å². The van der Waals surface area contributed by atoms with Crippen LogP contribution in [0.15, 0.2) is 24.3 Å². The molecule has 1 aromatic rings. The van der Waals surface area contributed by atoms with Crippen LogP contribution in [0, 0.1) is 11.2 Å². The molecule has 1 fully saturated rings. The fourth-order valence-electron chi connectivity index (χ4n) is 2.21. The van der Waals surface area contributed by atoms with Crippen molar-refractivity contribution in [2.75, 3.05) is 26.4 Å². The molecule has 1 aromatic carbocycles. The summed E-state index contributed by atoms with van der Waals surface area (Å²) < 4.78 is 18.2. The molecule has 0 spiro atoms. The standard InChI is InChI=1S/C15H22FNO2/c1-12(17-8-15(9-18)10-19-11-15)5-6-13-3-2-4-14(16)7-13/h2-4,7,12,17-18H,5-6,8-11H2,1H3. The summed E-state index contributed by atoms with van der Waals surface area (Å²) in [6.07, 6.45) is 1.81. The summed E-state index contributed by atoms with van der Waals surface area (Å²) in [4.78, 5) is 0. The van der Waals surface area contributed by atoms with Crippen molar-refractivity contribution < 1.29 is 14.2 Å². The predicted molar refractivity (Wildman–Crippen MR) is 72.5 cm³/mol. The number of hydrogen-bond donors (Lipinski definition) is 2. The van der Waals surface area contributed by atoms with Gasteiger partial charge in [-0.25, -0.2) is 4.39 Å². The molecule has 1 aliphatic rings. The molecule has 0 aliphatic carbocycles. The quantitative estimate of drug-likeness (QED) is 0.791.